The molecule has 0 saturated heterocycles. The summed E-state index contributed by atoms with van der Waals surface area (Å²) in [6.45, 7) is -0.742. The van der Waals surface area contributed by atoms with E-state index in [-0.39, 0.29) is 21.7 Å². The number of nitrogens with zero attached hydrogens (tertiary/aromatic N) is 2. The Morgan fingerprint density at radius 1 is 1.08 bits per heavy atom. The van der Waals surface area contributed by atoms with Gasteiger partial charge >= 0.3 is 0 Å². The van der Waals surface area contributed by atoms with Crippen LogP contribution in [0.2, 0.25) is 0 Å². The van der Waals surface area contributed by atoms with Crippen molar-refractivity contribution >= 4 is 33.5 Å². The molecule has 0 atom stereocenters. The summed E-state index contributed by atoms with van der Waals surface area (Å²) in [6, 6.07) is 11.3. The number of amides is 2. The van der Waals surface area contributed by atoms with Crippen LogP contribution in [-0.4, -0.2) is 44.1 Å². The van der Waals surface area contributed by atoms with Crippen LogP contribution in [0.25, 0.3) is 0 Å². The second-order valence-corrected chi connectivity index (χ2v) is 7.40. The molecule has 0 spiro atoms. The van der Waals surface area contributed by atoms with Crippen LogP contribution in [-0.2, 0) is 14.8 Å². The number of aromatic carboxylic acids is 1. The Labute approximate surface area is 149 Å². The summed E-state index contributed by atoms with van der Waals surface area (Å²) in [7, 11) is -2.83. The Morgan fingerprint density at radius 3 is 2.35 bits per heavy atom. The second-order valence-electron chi connectivity index (χ2n) is 5.57. The van der Waals surface area contributed by atoms with Crippen LogP contribution in [0.4, 0.5) is 5.69 Å². The van der Waals surface area contributed by atoms with E-state index in [1.54, 1.807) is 0 Å². The standard InChI is InChI=1S/C17H14N2O6S/c1-18(13-8-4-2-6-11(13)17(22)23)15(20)10-19-16(21)12-7-3-5-9-14(12)26(19,24)25/h2-9H,10H2,1H3,(H,22,23)/p-1. The summed E-state index contributed by atoms with van der Waals surface area (Å²) >= 11 is 0. The molecule has 8 nitrogen and oxygen atoms in total. The van der Waals surface area contributed by atoms with Gasteiger partial charge in [0, 0.05) is 12.6 Å². The van der Waals surface area contributed by atoms with Crippen molar-refractivity contribution in [1.82, 2.24) is 4.31 Å². The van der Waals surface area contributed by atoms with Crippen molar-refractivity contribution in [3.63, 3.8) is 0 Å². The van der Waals surface area contributed by atoms with Crippen LogP contribution < -0.4 is 10.0 Å². The molecule has 134 valence electrons. The van der Waals surface area contributed by atoms with Crippen molar-refractivity contribution in [3.05, 3.63) is 59.7 Å². The SMILES string of the molecule is CN(C(=O)CN1C(=O)c2ccccc2S1(=O)=O)c1ccccc1C(=O)[O-]. The van der Waals surface area contributed by atoms with Gasteiger partial charge in [0.05, 0.1) is 17.2 Å². The van der Waals surface area contributed by atoms with Crippen molar-refractivity contribution in [2.24, 2.45) is 0 Å². The van der Waals surface area contributed by atoms with E-state index in [4.69, 9.17) is 0 Å². The summed E-state index contributed by atoms with van der Waals surface area (Å²) in [5.41, 5.74) is -0.181. The average molecular weight is 373 g/mol. The predicted octanol–water partition coefficient (Wildman–Crippen LogP) is -0.142. The van der Waals surface area contributed by atoms with Gasteiger partial charge in [-0.1, -0.05) is 30.3 Å². The summed E-state index contributed by atoms with van der Waals surface area (Å²) in [6.07, 6.45) is 0. The molecule has 3 rings (SSSR count). The number of rotatable bonds is 4. The third-order valence-electron chi connectivity index (χ3n) is 4.05. The molecule has 26 heavy (non-hydrogen) atoms. The van der Waals surface area contributed by atoms with Crippen LogP contribution in [0.3, 0.4) is 0 Å². The first-order chi connectivity index (χ1) is 12.2. The topological polar surface area (TPSA) is 115 Å². The Morgan fingerprint density at radius 2 is 1.69 bits per heavy atom. The lowest BCUT2D eigenvalue weighted by Crippen LogP contribution is -2.42. The lowest BCUT2D eigenvalue weighted by atomic mass is 10.1. The second kappa shape index (κ2) is 6.26. The van der Waals surface area contributed by atoms with Gasteiger partial charge < -0.3 is 14.8 Å². The highest BCUT2D eigenvalue weighted by Crippen LogP contribution is 2.30. The highest BCUT2D eigenvalue weighted by atomic mass is 32.2. The monoisotopic (exact) mass is 373 g/mol. The number of carbonyl (C=O) groups is 3. The van der Waals surface area contributed by atoms with Crippen molar-refractivity contribution in [2.75, 3.05) is 18.5 Å². The van der Waals surface area contributed by atoms with Crippen molar-refractivity contribution < 1.29 is 27.9 Å². The lowest BCUT2D eigenvalue weighted by molar-refractivity contribution is -0.254. The van der Waals surface area contributed by atoms with E-state index in [1.807, 2.05) is 0 Å². The van der Waals surface area contributed by atoms with E-state index >= 15 is 0 Å². The highest BCUT2D eigenvalue weighted by Gasteiger charge is 2.42. The molecule has 0 unspecified atom stereocenters. The normalized spacial score (nSPS) is 14.8. The zero-order chi connectivity index (χ0) is 19.1. The predicted molar refractivity (Wildman–Crippen MR) is 88.8 cm³/mol. The Balaban J connectivity index is 1.90. The van der Waals surface area contributed by atoms with Gasteiger partial charge in [-0.05, 0) is 18.2 Å². The largest absolute Gasteiger partial charge is 0.545 e. The molecular weight excluding hydrogens is 360 g/mol. The fourth-order valence-electron chi connectivity index (χ4n) is 2.69. The van der Waals surface area contributed by atoms with E-state index in [2.05, 4.69) is 0 Å². The van der Waals surface area contributed by atoms with Crippen molar-refractivity contribution in [3.8, 4) is 0 Å². The van der Waals surface area contributed by atoms with Gasteiger partial charge in [-0.25, -0.2) is 12.7 Å². The molecule has 0 radical (unpaired) electrons. The van der Waals surface area contributed by atoms with Gasteiger partial charge in [0.2, 0.25) is 5.91 Å². The minimum absolute atomic E-state index is 0.00177. The number of carboxylic acids is 1. The Kier molecular flexibility index (Phi) is 4.25. The first-order valence-corrected chi connectivity index (χ1v) is 8.92. The number of carboxylic acid groups (broad SMARTS) is 1. The third-order valence-corrected chi connectivity index (χ3v) is 5.84. The van der Waals surface area contributed by atoms with Crippen LogP contribution in [0.5, 0.6) is 0 Å². The fourth-order valence-corrected chi connectivity index (χ4v) is 4.21. The molecule has 0 aromatic heterocycles. The summed E-state index contributed by atoms with van der Waals surface area (Å²) in [4.78, 5) is 36.9. The number of carbonyl (C=O) groups excluding carboxylic acids is 3. The number of hydrogen-bond donors (Lipinski definition) is 0. The molecule has 2 aromatic rings. The summed E-state index contributed by atoms with van der Waals surface area (Å²) in [5.74, 6) is -3.03. The Hall–Kier alpha value is -3.20. The third kappa shape index (κ3) is 2.72. The number of likely N-dealkylation sites (N-methyl/N-ethyl adjacent to an activating group) is 1. The molecule has 2 amide bonds. The van der Waals surface area contributed by atoms with E-state index in [0.717, 1.165) is 4.90 Å². The van der Waals surface area contributed by atoms with E-state index in [0.29, 0.717) is 4.31 Å². The summed E-state index contributed by atoms with van der Waals surface area (Å²) < 4.78 is 25.5. The molecule has 0 saturated carbocycles. The smallest absolute Gasteiger partial charge is 0.269 e. The maximum absolute atomic E-state index is 12.5. The average Bonchev–Trinajstić information content (AvgIpc) is 2.82. The van der Waals surface area contributed by atoms with Crippen LogP contribution in [0.15, 0.2) is 53.4 Å². The van der Waals surface area contributed by atoms with Gasteiger partial charge in [0.1, 0.15) is 11.4 Å². The number of anilines is 1. The minimum atomic E-state index is -4.13. The highest BCUT2D eigenvalue weighted by molar-refractivity contribution is 7.90. The number of fused-ring (bicyclic) bond motifs is 1. The molecule has 1 aliphatic rings. The quantitative estimate of drug-likeness (QED) is 0.737. The molecule has 9 heteroatoms. The molecule has 2 aromatic carbocycles. The number of para-hydroxylation sites is 1. The van der Waals surface area contributed by atoms with Gasteiger partial charge in [0.15, 0.2) is 0 Å². The maximum Gasteiger partial charge on any atom is 0.269 e. The van der Waals surface area contributed by atoms with Crippen molar-refractivity contribution in [2.45, 2.75) is 4.90 Å². The molecule has 0 aliphatic carbocycles. The van der Waals surface area contributed by atoms with Crippen LogP contribution >= 0.6 is 0 Å². The molecular formula is C17H13N2O6S-. The summed E-state index contributed by atoms with van der Waals surface area (Å²) in [5, 5.41) is 11.2. The molecule has 0 bridgehead atoms. The molecule has 1 aliphatic heterocycles. The number of hydrogen-bond acceptors (Lipinski definition) is 6. The van der Waals surface area contributed by atoms with Gasteiger partial charge in [-0.2, -0.15) is 0 Å². The van der Waals surface area contributed by atoms with Gasteiger partial charge in [-0.3, -0.25) is 9.59 Å². The first kappa shape index (κ1) is 17.6. The zero-order valence-corrected chi connectivity index (χ0v) is 14.4. The number of sulfonamides is 1. The zero-order valence-electron chi connectivity index (χ0n) is 13.6. The van der Waals surface area contributed by atoms with E-state index < -0.39 is 34.4 Å². The van der Waals surface area contributed by atoms with Gasteiger partial charge in [0.25, 0.3) is 15.9 Å². The maximum atomic E-state index is 12.5. The van der Waals surface area contributed by atoms with E-state index in [1.165, 1.54) is 55.6 Å². The van der Waals surface area contributed by atoms with Crippen LogP contribution in [0, 0.1) is 0 Å². The fraction of sp³-hybridized carbons (Fsp3) is 0.118. The number of benzene rings is 2. The first-order valence-electron chi connectivity index (χ1n) is 7.48. The molecule has 0 fully saturated rings. The minimum Gasteiger partial charge on any atom is -0.545 e. The molecule has 0 N–H and O–H groups in total. The lowest BCUT2D eigenvalue weighted by Gasteiger charge is -2.23. The Bertz CT molecular complexity index is 1030. The molecule has 1 heterocycles. The van der Waals surface area contributed by atoms with Gasteiger partial charge in [-0.15, -0.1) is 0 Å². The van der Waals surface area contributed by atoms with E-state index in [9.17, 15) is 27.9 Å². The van der Waals surface area contributed by atoms with Crippen LogP contribution in [0.1, 0.15) is 20.7 Å². The van der Waals surface area contributed by atoms with Crippen molar-refractivity contribution in [1.29, 1.82) is 0 Å².